The summed E-state index contributed by atoms with van der Waals surface area (Å²) in [5.74, 6) is -0.304. The van der Waals surface area contributed by atoms with Crippen LogP contribution in [0.2, 0.25) is 5.02 Å². The highest BCUT2D eigenvalue weighted by Gasteiger charge is 2.44. The van der Waals surface area contributed by atoms with Crippen molar-refractivity contribution in [1.29, 1.82) is 0 Å². The van der Waals surface area contributed by atoms with E-state index in [-0.39, 0.29) is 70.7 Å². The second-order valence-electron chi connectivity index (χ2n) is 17.6. The Morgan fingerprint density at radius 1 is 0.924 bits per heavy atom. The summed E-state index contributed by atoms with van der Waals surface area (Å²) in [5.41, 5.74) is 7.70. The number of aliphatic hydroxyl groups excluding tert-OH is 1. The van der Waals surface area contributed by atoms with E-state index in [1.54, 1.807) is 22.7 Å². The average molecular weight is 959 g/mol. The number of carbonyl (C=O) groups is 4. The number of halogens is 1. The maximum atomic E-state index is 14.0. The number of nitrogens with one attached hydrogen (secondary N) is 3. The molecular formula is C47H56ClN9O7S2. The van der Waals surface area contributed by atoms with Crippen molar-refractivity contribution in [2.24, 2.45) is 10.4 Å². The van der Waals surface area contributed by atoms with Gasteiger partial charge in [0.25, 0.3) is 0 Å². The molecule has 5 aromatic rings. The van der Waals surface area contributed by atoms with Crippen LogP contribution in [-0.2, 0) is 35.2 Å². The predicted molar refractivity (Wildman–Crippen MR) is 254 cm³/mol. The number of hydrogen-bond acceptors (Lipinski definition) is 13. The number of fused-ring (bicyclic) bond motifs is 3. The third kappa shape index (κ3) is 11.2. The van der Waals surface area contributed by atoms with Gasteiger partial charge in [-0.2, -0.15) is 0 Å². The minimum absolute atomic E-state index is 0.0332. The molecule has 7 rings (SSSR count). The Labute approximate surface area is 397 Å². The van der Waals surface area contributed by atoms with Crippen LogP contribution in [0.3, 0.4) is 0 Å². The first kappa shape index (κ1) is 48.6. The Hall–Kier alpha value is -5.37. The summed E-state index contributed by atoms with van der Waals surface area (Å²) in [6.45, 7) is 14.0. The topological polar surface area (TPSA) is 202 Å². The molecule has 4 amide bonds. The number of aryl methyl sites for hydroxylation is 3. The van der Waals surface area contributed by atoms with Crippen molar-refractivity contribution in [3.63, 3.8) is 0 Å². The van der Waals surface area contributed by atoms with Crippen LogP contribution in [0.25, 0.3) is 15.4 Å². The van der Waals surface area contributed by atoms with Crippen LogP contribution in [0.4, 0.5) is 0 Å². The van der Waals surface area contributed by atoms with E-state index in [4.69, 9.17) is 26.1 Å². The predicted octanol–water partition coefficient (Wildman–Crippen LogP) is 5.58. The van der Waals surface area contributed by atoms with Gasteiger partial charge >= 0.3 is 0 Å². The molecule has 0 aliphatic carbocycles. The zero-order valence-electron chi connectivity index (χ0n) is 38.1. The van der Waals surface area contributed by atoms with Crippen LogP contribution in [0, 0.1) is 33.1 Å². The van der Waals surface area contributed by atoms with Crippen LogP contribution in [0.1, 0.15) is 84.1 Å². The van der Waals surface area contributed by atoms with Crippen molar-refractivity contribution < 1.29 is 33.8 Å². The van der Waals surface area contributed by atoms with E-state index in [2.05, 4.69) is 45.0 Å². The van der Waals surface area contributed by atoms with Gasteiger partial charge in [-0.25, -0.2) is 4.98 Å². The largest absolute Gasteiger partial charge is 0.391 e. The third-order valence-electron chi connectivity index (χ3n) is 11.6. The minimum Gasteiger partial charge on any atom is -0.391 e. The van der Waals surface area contributed by atoms with E-state index in [0.717, 1.165) is 54.0 Å². The van der Waals surface area contributed by atoms with Crippen molar-refractivity contribution in [3.8, 4) is 15.4 Å². The number of aromatic nitrogens is 4. The molecule has 5 heterocycles. The fourth-order valence-corrected chi connectivity index (χ4v) is 10.2. The molecule has 19 heteroatoms. The smallest absolute Gasteiger partial charge is 0.246 e. The quantitative estimate of drug-likeness (QED) is 0.0853. The van der Waals surface area contributed by atoms with E-state index in [1.807, 2.05) is 93.2 Å². The number of ether oxygens (including phenoxy) is 2. The first-order valence-corrected chi connectivity index (χ1v) is 23.9. The van der Waals surface area contributed by atoms with Gasteiger partial charge in [-0.05, 0) is 61.9 Å². The fourth-order valence-electron chi connectivity index (χ4n) is 8.01. The number of amides is 4. The van der Waals surface area contributed by atoms with E-state index < -0.39 is 41.5 Å². The monoisotopic (exact) mass is 957 g/mol. The number of carbonyl (C=O) groups excluding carboxylic acids is 4. The van der Waals surface area contributed by atoms with Gasteiger partial charge in [-0.3, -0.25) is 28.7 Å². The van der Waals surface area contributed by atoms with Crippen molar-refractivity contribution in [2.75, 3.05) is 39.5 Å². The van der Waals surface area contributed by atoms with Crippen LogP contribution in [-0.4, -0.2) is 117 Å². The lowest BCUT2D eigenvalue weighted by Gasteiger charge is -2.35. The molecule has 3 aromatic heterocycles. The van der Waals surface area contributed by atoms with Crippen molar-refractivity contribution in [1.82, 2.24) is 40.6 Å². The van der Waals surface area contributed by atoms with E-state index in [0.29, 0.717) is 16.7 Å². The number of rotatable bonds is 17. The molecule has 2 aliphatic rings. The molecule has 1 saturated heterocycles. The summed E-state index contributed by atoms with van der Waals surface area (Å²) < 4.78 is 13.2. The molecule has 66 heavy (non-hydrogen) atoms. The van der Waals surface area contributed by atoms with Crippen molar-refractivity contribution in [3.05, 3.63) is 104 Å². The van der Waals surface area contributed by atoms with Crippen molar-refractivity contribution in [2.45, 2.75) is 92.1 Å². The maximum Gasteiger partial charge on any atom is 0.246 e. The lowest BCUT2D eigenvalue weighted by molar-refractivity contribution is -0.144. The zero-order chi connectivity index (χ0) is 47.3. The third-order valence-corrected chi connectivity index (χ3v) is 14.0. The summed E-state index contributed by atoms with van der Waals surface area (Å²) >= 11 is 9.44. The van der Waals surface area contributed by atoms with Gasteiger partial charge in [0.2, 0.25) is 23.6 Å². The highest BCUT2D eigenvalue weighted by Crippen LogP contribution is 2.40. The van der Waals surface area contributed by atoms with Crippen LogP contribution >= 0.6 is 34.3 Å². The SMILES string of the molecule is Cc1ncsc1-c1ccc(CNC(=O)[C@@H]2C[C@@H](O)CN2C(=O)C(NC(=O)COCCOCCNC(=O)C[C@@H]2N=C(c3ccc(Cl)cc3)c3c(sc(C)c3C)-n3c(C)nnc32)C(C)(C)C)cc1. The molecule has 0 saturated carbocycles. The van der Waals surface area contributed by atoms with Gasteiger partial charge in [0, 0.05) is 47.1 Å². The lowest BCUT2D eigenvalue weighted by Crippen LogP contribution is -2.58. The van der Waals surface area contributed by atoms with E-state index in [1.165, 1.54) is 4.90 Å². The van der Waals surface area contributed by atoms with Crippen LogP contribution in [0.15, 0.2) is 59.0 Å². The summed E-state index contributed by atoms with van der Waals surface area (Å²) in [6, 6.07) is 12.9. The Morgan fingerprint density at radius 3 is 2.33 bits per heavy atom. The second kappa shape index (κ2) is 21.1. The number of hydrogen-bond donors (Lipinski definition) is 4. The van der Waals surface area contributed by atoms with Crippen LogP contribution in [0.5, 0.6) is 0 Å². The number of nitrogens with zero attached hydrogens (tertiary/aromatic N) is 6. The van der Waals surface area contributed by atoms with Crippen LogP contribution < -0.4 is 16.0 Å². The standard InChI is InChI=1S/C47H56ClN9O7S2/c1-26-28(3)66-46-39(26)40(31-12-14-33(48)15-13-31)52-35(43-55-54-29(4)57(43)46)21-37(59)49-16-17-63-18-19-64-24-38(60)53-42(47(5,6)7)45(62)56-23-34(58)20-36(56)44(61)50-22-30-8-10-32(11-9-30)41-27(2)51-25-65-41/h8-15,25,34-36,42,58H,16-24H2,1-7H3,(H,49,59)(H,50,61)(H,53,60)/t34-,35+,36+,42?/m1/s1. The molecule has 1 unspecified atom stereocenters. The summed E-state index contributed by atoms with van der Waals surface area (Å²) in [6.07, 6.45) is -0.769. The number of thiophene rings is 1. The molecule has 350 valence electrons. The van der Waals surface area contributed by atoms with Gasteiger partial charge in [0.05, 0.1) is 54.1 Å². The Bertz CT molecular complexity index is 2580. The summed E-state index contributed by atoms with van der Waals surface area (Å²) in [5, 5.41) is 29.6. The fraction of sp³-hybridized carbons (Fsp3) is 0.447. The first-order valence-electron chi connectivity index (χ1n) is 21.8. The zero-order valence-corrected chi connectivity index (χ0v) is 40.5. The van der Waals surface area contributed by atoms with Crippen molar-refractivity contribution >= 4 is 63.6 Å². The molecule has 16 nitrogen and oxygen atoms in total. The molecule has 4 atom stereocenters. The number of aliphatic hydroxyl groups is 1. The Kier molecular flexibility index (Phi) is 15.5. The molecule has 2 aliphatic heterocycles. The average Bonchev–Trinajstić information content (AvgIpc) is 4.05. The first-order chi connectivity index (χ1) is 31.5. The number of likely N-dealkylation sites (tertiary alicyclic amines) is 1. The maximum absolute atomic E-state index is 14.0. The summed E-state index contributed by atoms with van der Waals surface area (Å²) in [7, 11) is 0. The van der Waals surface area contributed by atoms with E-state index in [9.17, 15) is 24.3 Å². The number of thiazole rings is 1. The molecule has 0 bridgehead atoms. The van der Waals surface area contributed by atoms with Gasteiger partial charge in [-0.15, -0.1) is 32.9 Å². The number of benzene rings is 2. The molecular weight excluding hydrogens is 902 g/mol. The Balaban J connectivity index is 0.852. The normalized spacial score (nSPS) is 17.4. The Morgan fingerprint density at radius 2 is 1.64 bits per heavy atom. The van der Waals surface area contributed by atoms with Gasteiger partial charge in [0.1, 0.15) is 35.6 Å². The molecule has 0 spiro atoms. The van der Waals surface area contributed by atoms with Gasteiger partial charge < -0.3 is 35.4 Å². The number of aliphatic imine (C=N–C) groups is 1. The highest BCUT2D eigenvalue weighted by atomic mass is 35.5. The summed E-state index contributed by atoms with van der Waals surface area (Å²) in [4.78, 5) is 66.9. The highest BCUT2D eigenvalue weighted by molar-refractivity contribution is 7.15. The lowest BCUT2D eigenvalue weighted by atomic mass is 9.85. The molecule has 1 fully saturated rings. The minimum atomic E-state index is -0.994. The molecule has 0 radical (unpaired) electrons. The van der Waals surface area contributed by atoms with E-state index >= 15 is 0 Å². The second-order valence-corrected chi connectivity index (χ2v) is 20.1. The van der Waals surface area contributed by atoms with Gasteiger partial charge in [-0.1, -0.05) is 68.8 Å². The number of β-amino-alcohol motifs (C(OH)–C–C–N with tert-alkyl or cyclic N) is 1. The van der Waals surface area contributed by atoms with Gasteiger partial charge in [0.15, 0.2) is 5.82 Å². The molecule has 2 aromatic carbocycles. The molecule has 4 N–H and O–H groups in total.